The van der Waals surface area contributed by atoms with E-state index in [4.69, 9.17) is 15.6 Å². The van der Waals surface area contributed by atoms with Gasteiger partial charge in [-0.1, -0.05) is 24.3 Å². The van der Waals surface area contributed by atoms with E-state index in [0.717, 1.165) is 23.6 Å². The van der Waals surface area contributed by atoms with E-state index in [0.29, 0.717) is 13.2 Å². The van der Waals surface area contributed by atoms with Crippen molar-refractivity contribution in [3.8, 4) is 5.75 Å². The van der Waals surface area contributed by atoms with Crippen molar-refractivity contribution in [2.75, 3.05) is 18.2 Å². The number of nitrogens with zero attached hydrogens (tertiary/aromatic N) is 2. The first-order chi connectivity index (χ1) is 11.6. The number of hydrogen-bond acceptors (Lipinski definition) is 4. The highest BCUT2D eigenvalue weighted by atomic mass is 16.5. The summed E-state index contributed by atoms with van der Waals surface area (Å²) in [6.45, 7) is 7.40. The van der Waals surface area contributed by atoms with E-state index >= 15 is 0 Å². The van der Waals surface area contributed by atoms with Crippen molar-refractivity contribution >= 4 is 11.4 Å². The van der Waals surface area contributed by atoms with Crippen LogP contribution in [0, 0.1) is 13.8 Å². The maximum atomic E-state index is 5.87. The standard InChI is InChI=1S/C20H25N3O/c1-4-24-18-9-7-16(8-10-18)20-12-17(13-21)22-23(20)19-11-14(2)5-6-15(19)3/h5-11,20H,4,12-13,21H2,1-3H3. The summed E-state index contributed by atoms with van der Waals surface area (Å²) in [5, 5.41) is 6.91. The van der Waals surface area contributed by atoms with Crippen LogP contribution in [0.3, 0.4) is 0 Å². The molecule has 4 nitrogen and oxygen atoms in total. The van der Waals surface area contributed by atoms with Gasteiger partial charge in [0.15, 0.2) is 0 Å². The predicted octanol–water partition coefficient (Wildman–Crippen LogP) is 3.97. The molecular weight excluding hydrogens is 298 g/mol. The number of nitrogens with two attached hydrogens (primary N) is 1. The molecule has 1 atom stereocenters. The summed E-state index contributed by atoms with van der Waals surface area (Å²) in [4.78, 5) is 0. The molecule has 0 aliphatic carbocycles. The number of benzene rings is 2. The molecule has 0 bridgehead atoms. The molecule has 0 saturated heterocycles. The van der Waals surface area contributed by atoms with Gasteiger partial charge < -0.3 is 10.5 Å². The Morgan fingerprint density at radius 1 is 1.17 bits per heavy atom. The van der Waals surface area contributed by atoms with Crippen molar-refractivity contribution < 1.29 is 4.74 Å². The first-order valence-corrected chi connectivity index (χ1v) is 8.48. The van der Waals surface area contributed by atoms with Gasteiger partial charge in [-0.05, 0) is 55.7 Å². The molecule has 2 aromatic carbocycles. The van der Waals surface area contributed by atoms with Crippen LogP contribution < -0.4 is 15.5 Å². The van der Waals surface area contributed by atoms with Gasteiger partial charge in [-0.15, -0.1) is 0 Å². The van der Waals surface area contributed by atoms with Gasteiger partial charge in [0.1, 0.15) is 5.75 Å². The molecular formula is C20H25N3O. The number of hydrazone groups is 1. The van der Waals surface area contributed by atoms with Gasteiger partial charge in [0.2, 0.25) is 0 Å². The molecule has 2 aromatic rings. The SMILES string of the molecule is CCOc1ccc(C2CC(CN)=NN2c2cc(C)ccc2C)cc1. The normalized spacial score (nSPS) is 17.1. The second kappa shape index (κ2) is 7.05. The quantitative estimate of drug-likeness (QED) is 0.906. The van der Waals surface area contributed by atoms with Gasteiger partial charge in [-0.2, -0.15) is 5.10 Å². The minimum absolute atomic E-state index is 0.180. The molecule has 1 heterocycles. The zero-order valence-electron chi connectivity index (χ0n) is 14.6. The average Bonchev–Trinajstić information content (AvgIpc) is 3.02. The van der Waals surface area contributed by atoms with Gasteiger partial charge in [0.05, 0.1) is 24.0 Å². The van der Waals surface area contributed by atoms with E-state index in [1.54, 1.807) is 0 Å². The summed E-state index contributed by atoms with van der Waals surface area (Å²) < 4.78 is 5.55. The van der Waals surface area contributed by atoms with Crippen LogP contribution in [0.4, 0.5) is 5.69 Å². The Morgan fingerprint density at radius 2 is 1.92 bits per heavy atom. The Labute approximate surface area is 143 Å². The highest BCUT2D eigenvalue weighted by Crippen LogP contribution is 2.37. The number of hydrogen-bond donors (Lipinski definition) is 1. The summed E-state index contributed by atoms with van der Waals surface area (Å²) in [5.41, 5.74) is 11.7. The third kappa shape index (κ3) is 3.29. The Kier molecular flexibility index (Phi) is 4.86. The number of anilines is 1. The summed E-state index contributed by atoms with van der Waals surface area (Å²) in [7, 11) is 0. The van der Waals surface area contributed by atoms with Crippen LogP contribution in [0.15, 0.2) is 47.6 Å². The maximum Gasteiger partial charge on any atom is 0.119 e. The van der Waals surface area contributed by atoms with E-state index in [1.165, 1.54) is 16.7 Å². The molecule has 0 saturated carbocycles. The monoisotopic (exact) mass is 323 g/mol. The number of ether oxygens (including phenoxy) is 1. The Morgan fingerprint density at radius 3 is 2.58 bits per heavy atom. The third-order valence-corrected chi connectivity index (χ3v) is 4.40. The van der Waals surface area contributed by atoms with Gasteiger partial charge in [0, 0.05) is 13.0 Å². The maximum absolute atomic E-state index is 5.87. The van der Waals surface area contributed by atoms with Crippen molar-refractivity contribution in [1.82, 2.24) is 0 Å². The van der Waals surface area contributed by atoms with E-state index in [2.05, 4.69) is 49.2 Å². The first-order valence-electron chi connectivity index (χ1n) is 8.48. The summed E-state index contributed by atoms with van der Waals surface area (Å²) in [6.07, 6.45) is 0.859. The van der Waals surface area contributed by atoms with Gasteiger partial charge >= 0.3 is 0 Å². The minimum atomic E-state index is 0.180. The zero-order valence-corrected chi connectivity index (χ0v) is 14.6. The third-order valence-electron chi connectivity index (χ3n) is 4.40. The van der Waals surface area contributed by atoms with E-state index in [-0.39, 0.29) is 6.04 Å². The number of rotatable bonds is 5. The van der Waals surface area contributed by atoms with Crippen molar-refractivity contribution in [3.63, 3.8) is 0 Å². The van der Waals surface area contributed by atoms with E-state index < -0.39 is 0 Å². The van der Waals surface area contributed by atoms with Crippen LogP contribution in [0.5, 0.6) is 5.75 Å². The van der Waals surface area contributed by atoms with Crippen LogP contribution in [0.2, 0.25) is 0 Å². The van der Waals surface area contributed by atoms with Crippen LogP contribution in [0.1, 0.15) is 36.1 Å². The molecule has 0 fully saturated rings. The summed E-state index contributed by atoms with van der Waals surface area (Å²) >= 11 is 0. The molecule has 1 aliphatic rings. The van der Waals surface area contributed by atoms with Crippen molar-refractivity contribution in [2.45, 2.75) is 33.2 Å². The Balaban J connectivity index is 1.95. The molecule has 2 N–H and O–H groups in total. The van der Waals surface area contributed by atoms with Crippen LogP contribution >= 0.6 is 0 Å². The lowest BCUT2D eigenvalue weighted by Gasteiger charge is -2.26. The first kappa shape index (κ1) is 16.5. The molecule has 0 radical (unpaired) electrons. The molecule has 0 aromatic heterocycles. The Bertz CT molecular complexity index is 737. The second-order valence-corrected chi connectivity index (χ2v) is 6.23. The lowest BCUT2D eigenvalue weighted by Crippen LogP contribution is -2.19. The van der Waals surface area contributed by atoms with E-state index in [9.17, 15) is 0 Å². The Hall–Kier alpha value is -2.33. The largest absolute Gasteiger partial charge is 0.494 e. The van der Waals surface area contributed by atoms with Crippen LogP contribution in [-0.2, 0) is 0 Å². The molecule has 1 aliphatic heterocycles. The van der Waals surface area contributed by atoms with Crippen LogP contribution in [0.25, 0.3) is 0 Å². The smallest absolute Gasteiger partial charge is 0.119 e. The van der Waals surface area contributed by atoms with Crippen molar-refractivity contribution in [1.29, 1.82) is 0 Å². The lowest BCUT2D eigenvalue weighted by atomic mass is 10.0. The minimum Gasteiger partial charge on any atom is -0.494 e. The lowest BCUT2D eigenvalue weighted by molar-refractivity contribution is 0.340. The number of aryl methyl sites for hydroxylation is 2. The predicted molar refractivity (Wildman–Crippen MR) is 99.9 cm³/mol. The van der Waals surface area contributed by atoms with Crippen LogP contribution in [-0.4, -0.2) is 18.9 Å². The fourth-order valence-corrected chi connectivity index (χ4v) is 3.10. The summed E-state index contributed by atoms with van der Waals surface area (Å²) in [5.74, 6) is 0.900. The fourth-order valence-electron chi connectivity index (χ4n) is 3.10. The van der Waals surface area contributed by atoms with Crippen molar-refractivity contribution in [2.24, 2.45) is 10.8 Å². The molecule has 0 spiro atoms. The molecule has 126 valence electrons. The van der Waals surface area contributed by atoms with Gasteiger partial charge in [-0.25, -0.2) is 0 Å². The molecule has 1 unspecified atom stereocenters. The molecule has 0 amide bonds. The van der Waals surface area contributed by atoms with Crippen molar-refractivity contribution in [3.05, 3.63) is 59.2 Å². The molecule has 3 rings (SSSR count). The van der Waals surface area contributed by atoms with E-state index in [1.807, 2.05) is 19.1 Å². The highest BCUT2D eigenvalue weighted by molar-refractivity contribution is 5.90. The topological polar surface area (TPSA) is 50.9 Å². The second-order valence-electron chi connectivity index (χ2n) is 6.23. The van der Waals surface area contributed by atoms with Gasteiger partial charge in [-0.3, -0.25) is 5.01 Å². The van der Waals surface area contributed by atoms with Gasteiger partial charge in [0.25, 0.3) is 0 Å². The molecule has 4 heteroatoms. The summed E-state index contributed by atoms with van der Waals surface area (Å²) in [6, 6.07) is 15.0. The molecule has 24 heavy (non-hydrogen) atoms. The highest BCUT2D eigenvalue weighted by Gasteiger charge is 2.29. The average molecular weight is 323 g/mol. The zero-order chi connectivity index (χ0) is 17.1. The fraction of sp³-hybridized carbons (Fsp3) is 0.350.